The summed E-state index contributed by atoms with van der Waals surface area (Å²) < 4.78 is 11.6. The molecule has 1 aliphatic rings. The van der Waals surface area contributed by atoms with Crippen molar-refractivity contribution in [2.24, 2.45) is 5.92 Å². The van der Waals surface area contributed by atoms with Crippen LogP contribution < -0.4 is 0 Å². The minimum absolute atomic E-state index is 0.285. The van der Waals surface area contributed by atoms with Gasteiger partial charge in [0.1, 0.15) is 0 Å². The third-order valence-electron chi connectivity index (χ3n) is 2.14. The first kappa shape index (κ1) is 11.7. The van der Waals surface area contributed by atoms with Crippen molar-refractivity contribution in [1.29, 1.82) is 0 Å². The average Bonchev–Trinajstić information content (AvgIpc) is 2.50. The molecular weight excluding hydrogens is 197 g/mol. The molecular formula is C10H18NO2P. The molecule has 0 bridgehead atoms. The van der Waals surface area contributed by atoms with Crippen LogP contribution in [-0.4, -0.2) is 36.3 Å². The van der Waals surface area contributed by atoms with E-state index in [1.807, 2.05) is 26.2 Å². The second-order valence-electron chi connectivity index (χ2n) is 4.01. The van der Waals surface area contributed by atoms with E-state index in [0.29, 0.717) is 12.1 Å². The maximum atomic E-state index is 11.6. The van der Waals surface area contributed by atoms with Gasteiger partial charge in [-0.25, -0.2) is 0 Å². The molecule has 1 N–H and O–H groups in total. The quantitative estimate of drug-likeness (QED) is 0.712. The summed E-state index contributed by atoms with van der Waals surface area (Å²) in [6.07, 6.45) is 9.56. The minimum atomic E-state index is -2.94. The maximum Gasteiger partial charge on any atom is 0.214 e. The van der Waals surface area contributed by atoms with Crippen molar-refractivity contribution < 1.29 is 9.46 Å². The predicted molar refractivity (Wildman–Crippen MR) is 59.6 cm³/mol. The van der Waals surface area contributed by atoms with Crippen LogP contribution in [0.2, 0.25) is 0 Å². The van der Waals surface area contributed by atoms with Gasteiger partial charge in [-0.15, -0.1) is 0 Å². The molecule has 1 unspecified atom stereocenters. The third-order valence-corrected chi connectivity index (χ3v) is 4.11. The van der Waals surface area contributed by atoms with Gasteiger partial charge >= 0.3 is 0 Å². The zero-order valence-electron chi connectivity index (χ0n) is 8.76. The molecule has 1 rings (SSSR count). The summed E-state index contributed by atoms with van der Waals surface area (Å²) in [6.45, 7) is 0. The molecule has 0 aromatic carbocycles. The lowest BCUT2D eigenvalue weighted by Gasteiger charge is -2.17. The first-order valence-electron chi connectivity index (χ1n) is 4.80. The van der Waals surface area contributed by atoms with Gasteiger partial charge < -0.3 is 9.79 Å². The zero-order valence-corrected chi connectivity index (χ0v) is 9.65. The van der Waals surface area contributed by atoms with E-state index >= 15 is 0 Å². The number of allylic oxidation sites excluding steroid dienone is 4. The summed E-state index contributed by atoms with van der Waals surface area (Å²) in [4.78, 5) is 11.4. The van der Waals surface area contributed by atoms with E-state index in [0.717, 1.165) is 6.42 Å². The number of rotatable bonds is 5. The van der Waals surface area contributed by atoms with Crippen LogP contribution in [0.15, 0.2) is 24.3 Å². The van der Waals surface area contributed by atoms with Crippen LogP contribution in [0.5, 0.6) is 0 Å². The first-order valence-corrected chi connectivity index (χ1v) is 6.83. The Morgan fingerprint density at radius 3 is 2.43 bits per heavy atom. The fourth-order valence-corrected chi connectivity index (χ4v) is 3.26. The number of hydrogen-bond acceptors (Lipinski definition) is 2. The van der Waals surface area contributed by atoms with Gasteiger partial charge in [0.15, 0.2) is 0 Å². The molecule has 0 amide bonds. The highest BCUT2D eigenvalue weighted by molar-refractivity contribution is 7.57. The topological polar surface area (TPSA) is 40.5 Å². The van der Waals surface area contributed by atoms with Crippen molar-refractivity contribution in [1.82, 2.24) is 4.90 Å². The molecule has 0 saturated carbocycles. The molecule has 0 fully saturated rings. The van der Waals surface area contributed by atoms with Gasteiger partial charge in [-0.3, -0.25) is 4.57 Å². The fraction of sp³-hybridized carbons (Fsp3) is 0.600. The van der Waals surface area contributed by atoms with E-state index in [-0.39, 0.29) is 6.29 Å². The van der Waals surface area contributed by atoms with E-state index in [4.69, 9.17) is 0 Å². The predicted octanol–water partition coefficient (Wildman–Crippen LogP) is 1.91. The maximum absolute atomic E-state index is 11.6. The molecule has 0 aliphatic heterocycles. The molecule has 0 aromatic heterocycles. The van der Waals surface area contributed by atoms with Crippen molar-refractivity contribution in [2.45, 2.75) is 6.42 Å². The molecule has 0 heterocycles. The molecule has 4 heteroatoms. The molecule has 0 aromatic rings. The molecule has 1 atom stereocenters. The Hall–Kier alpha value is -0.370. The highest BCUT2D eigenvalue weighted by atomic mass is 31.2. The Labute approximate surface area is 85.6 Å². The Morgan fingerprint density at radius 1 is 1.36 bits per heavy atom. The summed E-state index contributed by atoms with van der Waals surface area (Å²) >= 11 is 0. The van der Waals surface area contributed by atoms with Crippen molar-refractivity contribution >= 4 is 7.37 Å². The molecule has 0 spiro atoms. The van der Waals surface area contributed by atoms with Crippen molar-refractivity contribution in [3.05, 3.63) is 24.3 Å². The van der Waals surface area contributed by atoms with Crippen molar-refractivity contribution in [3.63, 3.8) is 0 Å². The van der Waals surface area contributed by atoms with Crippen LogP contribution in [0.25, 0.3) is 0 Å². The Morgan fingerprint density at radius 2 is 1.93 bits per heavy atom. The minimum Gasteiger partial charge on any atom is -0.343 e. The molecule has 80 valence electrons. The van der Waals surface area contributed by atoms with Crippen molar-refractivity contribution in [3.8, 4) is 0 Å². The standard InChI is InChI=1S/C10H18NO2P/c1-11(2)9-14(12,13)8-7-10-5-3-4-6-10/h3-6,10H,7-9H2,1-2H3,(H,12,13). The Kier molecular flexibility index (Phi) is 4.11. The van der Waals surface area contributed by atoms with Crippen LogP contribution in [0, 0.1) is 5.92 Å². The van der Waals surface area contributed by atoms with Crippen molar-refractivity contribution in [2.75, 3.05) is 26.5 Å². The van der Waals surface area contributed by atoms with E-state index in [1.165, 1.54) is 0 Å². The van der Waals surface area contributed by atoms with E-state index in [9.17, 15) is 9.46 Å². The normalized spacial score (nSPS) is 20.6. The van der Waals surface area contributed by atoms with Crippen LogP contribution >= 0.6 is 7.37 Å². The molecule has 0 radical (unpaired) electrons. The average molecular weight is 215 g/mol. The van der Waals surface area contributed by atoms with Gasteiger partial charge in [-0.1, -0.05) is 24.3 Å². The second kappa shape index (κ2) is 4.92. The Bertz CT molecular complexity index is 272. The number of hydrogen-bond donors (Lipinski definition) is 1. The molecule has 3 nitrogen and oxygen atoms in total. The summed E-state index contributed by atoms with van der Waals surface area (Å²) in [7, 11) is 0.692. The van der Waals surface area contributed by atoms with Crippen LogP contribution in [0.3, 0.4) is 0 Å². The summed E-state index contributed by atoms with van der Waals surface area (Å²) in [6, 6.07) is 0. The van der Waals surface area contributed by atoms with Gasteiger partial charge in [0.05, 0.1) is 6.29 Å². The molecule has 0 saturated heterocycles. The lowest BCUT2D eigenvalue weighted by molar-refractivity contribution is 0.412. The first-order chi connectivity index (χ1) is 6.49. The molecule has 1 aliphatic carbocycles. The highest BCUT2D eigenvalue weighted by Crippen LogP contribution is 2.42. The smallest absolute Gasteiger partial charge is 0.214 e. The van der Waals surface area contributed by atoms with Crippen LogP contribution in [-0.2, 0) is 4.57 Å². The summed E-state index contributed by atoms with van der Waals surface area (Å²) in [5.41, 5.74) is 0. The summed E-state index contributed by atoms with van der Waals surface area (Å²) in [5.74, 6) is 0.359. The zero-order chi connectivity index (χ0) is 10.6. The van der Waals surface area contributed by atoms with Gasteiger partial charge in [-0.2, -0.15) is 0 Å². The summed E-state index contributed by atoms with van der Waals surface area (Å²) in [5, 5.41) is 0. The largest absolute Gasteiger partial charge is 0.343 e. The van der Waals surface area contributed by atoms with Gasteiger partial charge in [0.25, 0.3) is 0 Å². The Balaban J connectivity index is 2.32. The second-order valence-corrected chi connectivity index (χ2v) is 6.44. The fourth-order valence-electron chi connectivity index (χ4n) is 1.53. The lowest BCUT2D eigenvalue weighted by Crippen LogP contribution is -2.15. The van der Waals surface area contributed by atoms with Gasteiger partial charge in [-0.05, 0) is 26.4 Å². The molecule has 14 heavy (non-hydrogen) atoms. The monoisotopic (exact) mass is 215 g/mol. The SMILES string of the molecule is CN(C)CP(=O)(O)CCC1C=CC=C1. The van der Waals surface area contributed by atoms with E-state index in [1.54, 1.807) is 4.90 Å². The third kappa shape index (κ3) is 4.23. The van der Waals surface area contributed by atoms with Gasteiger partial charge in [0.2, 0.25) is 7.37 Å². The highest BCUT2D eigenvalue weighted by Gasteiger charge is 2.20. The van der Waals surface area contributed by atoms with E-state index < -0.39 is 7.37 Å². The van der Waals surface area contributed by atoms with Crippen LogP contribution in [0.1, 0.15) is 6.42 Å². The van der Waals surface area contributed by atoms with Gasteiger partial charge in [0, 0.05) is 6.16 Å². The number of nitrogens with zero attached hydrogens (tertiary/aromatic N) is 1. The van der Waals surface area contributed by atoms with Crippen LogP contribution in [0.4, 0.5) is 0 Å². The lowest BCUT2D eigenvalue weighted by atomic mass is 10.1. The van der Waals surface area contributed by atoms with E-state index in [2.05, 4.69) is 12.2 Å².